The molecule has 2 aromatic rings. The van der Waals surface area contributed by atoms with Crippen molar-refractivity contribution >= 4 is 41.5 Å². The van der Waals surface area contributed by atoms with Gasteiger partial charge in [0.25, 0.3) is 0 Å². The van der Waals surface area contributed by atoms with Crippen LogP contribution >= 0.6 is 35.6 Å². The first-order valence-corrected chi connectivity index (χ1v) is 10.1. The van der Waals surface area contributed by atoms with Gasteiger partial charge in [0.2, 0.25) is 5.56 Å². The van der Waals surface area contributed by atoms with Gasteiger partial charge in [-0.3, -0.25) is 9.79 Å². The number of aryl methyl sites for hydroxylation is 1. The normalized spacial score (nSPS) is 11.7. The van der Waals surface area contributed by atoms with E-state index in [2.05, 4.69) is 35.5 Å². The Bertz CT molecular complexity index is 835. The lowest BCUT2D eigenvalue weighted by Gasteiger charge is -2.26. The van der Waals surface area contributed by atoms with Crippen LogP contribution in [0.4, 0.5) is 0 Å². The molecule has 0 saturated carbocycles. The standard InChI is InChI=1S/C22H31ClN4O.HI/c1-22(2,16-18-9-8-10-19(23)15-18)17-26-21(24-3)25-12-5-7-14-27-13-6-4-11-20(27)28;/h4,6,8-11,13,15H,5,7,12,14,16-17H2,1-3H3,(H2,24,25,26);1H. The molecule has 160 valence electrons. The molecular weight excluding hydrogens is 499 g/mol. The maximum atomic E-state index is 11.7. The number of halogens is 2. The molecular formula is C22H32ClIN4O. The van der Waals surface area contributed by atoms with Gasteiger partial charge in [-0.25, -0.2) is 0 Å². The first kappa shape index (κ1) is 25.5. The Morgan fingerprint density at radius 2 is 1.93 bits per heavy atom. The number of rotatable bonds is 9. The van der Waals surface area contributed by atoms with Crippen molar-refractivity contribution in [2.75, 3.05) is 20.1 Å². The summed E-state index contributed by atoms with van der Waals surface area (Å²) in [6.07, 6.45) is 4.67. The van der Waals surface area contributed by atoms with E-state index in [4.69, 9.17) is 11.6 Å². The maximum Gasteiger partial charge on any atom is 0.250 e. The summed E-state index contributed by atoms with van der Waals surface area (Å²) in [6.45, 7) is 6.81. The number of hydrogen-bond acceptors (Lipinski definition) is 2. The van der Waals surface area contributed by atoms with Crippen LogP contribution in [-0.2, 0) is 13.0 Å². The zero-order chi connectivity index (χ0) is 20.4. The molecule has 2 rings (SSSR count). The zero-order valence-corrected chi connectivity index (χ0v) is 20.5. The number of benzene rings is 1. The van der Waals surface area contributed by atoms with E-state index in [9.17, 15) is 4.79 Å². The number of aliphatic imine (C=N–C) groups is 1. The fourth-order valence-corrected chi connectivity index (χ4v) is 3.28. The van der Waals surface area contributed by atoms with Crippen LogP contribution in [0.15, 0.2) is 58.4 Å². The predicted molar refractivity (Wildman–Crippen MR) is 134 cm³/mol. The minimum Gasteiger partial charge on any atom is -0.356 e. The molecule has 0 amide bonds. The van der Waals surface area contributed by atoms with Crippen LogP contribution in [-0.4, -0.2) is 30.7 Å². The Morgan fingerprint density at radius 1 is 1.14 bits per heavy atom. The van der Waals surface area contributed by atoms with Crippen molar-refractivity contribution in [3.8, 4) is 0 Å². The molecule has 0 spiro atoms. The zero-order valence-electron chi connectivity index (χ0n) is 17.5. The average Bonchev–Trinajstić information content (AvgIpc) is 2.65. The number of pyridine rings is 1. The summed E-state index contributed by atoms with van der Waals surface area (Å²) >= 11 is 6.09. The minimum atomic E-state index is 0. The maximum absolute atomic E-state index is 11.7. The van der Waals surface area contributed by atoms with Crippen LogP contribution in [0.5, 0.6) is 0 Å². The Labute approximate surface area is 196 Å². The topological polar surface area (TPSA) is 58.4 Å². The van der Waals surface area contributed by atoms with Crippen LogP contribution in [0.2, 0.25) is 5.02 Å². The van der Waals surface area contributed by atoms with Gasteiger partial charge in [-0.05, 0) is 48.4 Å². The molecule has 0 unspecified atom stereocenters. The number of hydrogen-bond donors (Lipinski definition) is 2. The Balaban J connectivity index is 0.00000420. The van der Waals surface area contributed by atoms with Gasteiger partial charge in [0, 0.05) is 44.0 Å². The lowest BCUT2D eigenvalue weighted by atomic mass is 9.86. The van der Waals surface area contributed by atoms with Crippen LogP contribution in [0.1, 0.15) is 32.3 Å². The summed E-state index contributed by atoms with van der Waals surface area (Å²) in [4.78, 5) is 16.0. The van der Waals surface area contributed by atoms with E-state index in [0.717, 1.165) is 49.9 Å². The highest BCUT2D eigenvalue weighted by atomic mass is 127. The third-order valence-corrected chi connectivity index (χ3v) is 4.78. The molecule has 1 aromatic carbocycles. The van der Waals surface area contributed by atoms with Crippen molar-refractivity contribution < 1.29 is 0 Å². The van der Waals surface area contributed by atoms with Gasteiger partial charge in [-0.2, -0.15) is 0 Å². The largest absolute Gasteiger partial charge is 0.356 e. The Morgan fingerprint density at radius 3 is 2.62 bits per heavy atom. The highest BCUT2D eigenvalue weighted by Crippen LogP contribution is 2.22. The summed E-state index contributed by atoms with van der Waals surface area (Å²) in [6, 6.07) is 13.3. The predicted octanol–water partition coefficient (Wildman–Crippen LogP) is 4.33. The van der Waals surface area contributed by atoms with Crippen molar-refractivity contribution in [3.05, 3.63) is 69.6 Å². The molecule has 2 N–H and O–H groups in total. The van der Waals surface area contributed by atoms with Crippen molar-refractivity contribution in [1.29, 1.82) is 0 Å². The minimum absolute atomic E-state index is 0. The molecule has 1 heterocycles. The van der Waals surface area contributed by atoms with E-state index in [-0.39, 0.29) is 35.0 Å². The molecule has 0 fully saturated rings. The number of nitrogens with one attached hydrogen (secondary N) is 2. The van der Waals surface area contributed by atoms with Gasteiger partial charge < -0.3 is 15.2 Å². The molecule has 5 nitrogen and oxygen atoms in total. The van der Waals surface area contributed by atoms with Crippen LogP contribution < -0.4 is 16.2 Å². The van der Waals surface area contributed by atoms with Gasteiger partial charge in [0.15, 0.2) is 5.96 Å². The van der Waals surface area contributed by atoms with Gasteiger partial charge in [-0.15, -0.1) is 24.0 Å². The lowest BCUT2D eigenvalue weighted by Crippen LogP contribution is -2.43. The summed E-state index contributed by atoms with van der Waals surface area (Å²) in [5.74, 6) is 0.802. The van der Waals surface area contributed by atoms with Crippen LogP contribution in [0.25, 0.3) is 0 Å². The number of guanidine groups is 1. The second-order valence-electron chi connectivity index (χ2n) is 7.76. The first-order valence-electron chi connectivity index (χ1n) is 9.74. The molecule has 0 aliphatic heterocycles. The Kier molecular flexibility index (Phi) is 11.3. The Hall–Kier alpha value is -1.54. The summed E-state index contributed by atoms with van der Waals surface area (Å²) in [5.41, 5.74) is 1.35. The van der Waals surface area contributed by atoms with Crippen LogP contribution in [0, 0.1) is 5.41 Å². The number of nitrogens with zero attached hydrogens (tertiary/aromatic N) is 2. The van der Waals surface area contributed by atoms with Gasteiger partial charge in [-0.1, -0.05) is 43.6 Å². The molecule has 7 heteroatoms. The fraction of sp³-hybridized carbons (Fsp3) is 0.455. The summed E-state index contributed by atoms with van der Waals surface area (Å²) < 4.78 is 1.74. The van der Waals surface area contributed by atoms with Gasteiger partial charge in [0.1, 0.15) is 0 Å². The molecule has 0 aliphatic carbocycles. The lowest BCUT2D eigenvalue weighted by molar-refractivity contribution is 0.359. The molecule has 0 aliphatic rings. The second-order valence-corrected chi connectivity index (χ2v) is 8.20. The third kappa shape index (κ3) is 9.67. The second kappa shape index (κ2) is 12.9. The number of unbranched alkanes of at least 4 members (excludes halogenated alkanes) is 1. The van der Waals surface area contributed by atoms with Gasteiger partial charge in [0.05, 0.1) is 0 Å². The van der Waals surface area contributed by atoms with Gasteiger partial charge >= 0.3 is 0 Å². The van der Waals surface area contributed by atoms with Crippen molar-refractivity contribution in [3.63, 3.8) is 0 Å². The van der Waals surface area contributed by atoms with E-state index in [1.807, 2.05) is 30.5 Å². The summed E-state index contributed by atoms with van der Waals surface area (Å²) in [7, 11) is 1.78. The van der Waals surface area contributed by atoms with E-state index in [1.165, 1.54) is 5.56 Å². The van der Waals surface area contributed by atoms with Crippen molar-refractivity contribution in [2.24, 2.45) is 10.4 Å². The number of aromatic nitrogens is 1. The molecule has 0 saturated heterocycles. The monoisotopic (exact) mass is 530 g/mol. The van der Waals surface area contributed by atoms with Crippen molar-refractivity contribution in [2.45, 2.75) is 39.7 Å². The van der Waals surface area contributed by atoms with E-state index in [0.29, 0.717) is 0 Å². The highest BCUT2D eigenvalue weighted by molar-refractivity contribution is 14.0. The highest BCUT2D eigenvalue weighted by Gasteiger charge is 2.19. The third-order valence-electron chi connectivity index (χ3n) is 4.55. The smallest absolute Gasteiger partial charge is 0.250 e. The molecule has 0 radical (unpaired) electrons. The SMILES string of the molecule is CN=C(NCCCCn1ccccc1=O)NCC(C)(C)Cc1cccc(Cl)c1.I. The summed E-state index contributed by atoms with van der Waals surface area (Å²) in [5, 5.41) is 7.53. The fourth-order valence-electron chi connectivity index (χ4n) is 3.06. The van der Waals surface area contributed by atoms with E-state index in [1.54, 1.807) is 23.7 Å². The van der Waals surface area contributed by atoms with Crippen LogP contribution in [0.3, 0.4) is 0 Å². The molecule has 0 bridgehead atoms. The quantitative estimate of drug-likeness (QED) is 0.220. The molecule has 29 heavy (non-hydrogen) atoms. The van der Waals surface area contributed by atoms with Crippen molar-refractivity contribution in [1.82, 2.24) is 15.2 Å². The average molecular weight is 531 g/mol. The molecule has 1 aromatic heterocycles. The van der Waals surface area contributed by atoms with E-state index >= 15 is 0 Å². The molecule has 0 atom stereocenters. The van der Waals surface area contributed by atoms with E-state index < -0.39 is 0 Å². The first-order chi connectivity index (χ1) is 13.4.